The Labute approximate surface area is 171 Å². The van der Waals surface area contributed by atoms with E-state index in [-0.39, 0.29) is 17.7 Å². The second-order valence-electron chi connectivity index (χ2n) is 7.32. The van der Waals surface area contributed by atoms with Crippen LogP contribution in [0, 0.1) is 5.92 Å². The van der Waals surface area contributed by atoms with Crippen LogP contribution in [0.2, 0.25) is 0 Å². The van der Waals surface area contributed by atoms with Crippen molar-refractivity contribution in [3.63, 3.8) is 0 Å². The number of benzene rings is 2. The number of nitrogens with zero attached hydrogens (tertiary/aromatic N) is 2. The Morgan fingerprint density at radius 1 is 1.13 bits per heavy atom. The van der Waals surface area contributed by atoms with Crippen molar-refractivity contribution >= 4 is 34.2 Å². The summed E-state index contributed by atoms with van der Waals surface area (Å²) in [4.78, 5) is 32.3. The normalized spacial score (nSPS) is 15.0. The molecular formula is C21H21F2N5O2. The molecule has 0 bridgehead atoms. The van der Waals surface area contributed by atoms with Crippen molar-refractivity contribution in [3.05, 3.63) is 53.9 Å². The molecule has 9 heteroatoms. The smallest absolute Gasteiger partial charge is 0.295 e. The maximum absolute atomic E-state index is 12.8. The molecule has 0 aliphatic carbocycles. The van der Waals surface area contributed by atoms with Crippen molar-refractivity contribution < 1.29 is 18.4 Å². The van der Waals surface area contributed by atoms with Gasteiger partial charge in [0, 0.05) is 35.9 Å². The van der Waals surface area contributed by atoms with Crippen LogP contribution in [0.25, 0.3) is 11.0 Å². The summed E-state index contributed by atoms with van der Waals surface area (Å²) in [6.07, 6.45) is -1.23. The number of carbonyl (C=O) groups is 2. The van der Waals surface area contributed by atoms with Gasteiger partial charge in [0.2, 0.25) is 5.91 Å². The first-order valence-electron chi connectivity index (χ1n) is 9.64. The van der Waals surface area contributed by atoms with E-state index in [1.54, 1.807) is 18.2 Å². The predicted octanol–water partition coefficient (Wildman–Crippen LogP) is 3.45. The predicted molar refractivity (Wildman–Crippen MR) is 110 cm³/mol. The molecule has 1 fully saturated rings. The van der Waals surface area contributed by atoms with Gasteiger partial charge >= 0.3 is 0 Å². The van der Waals surface area contributed by atoms with Crippen LogP contribution >= 0.6 is 0 Å². The lowest BCUT2D eigenvalue weighted by molar-refractivity contribution is -0.122. The van der Waals surface area contributed by atoms with Gasteiger partial charge < -0.3 is 20.9 Å². The number of aromatic nitrogens is 2. The van der Waals surface area contributed by atoms with Gasteiger partial charge in [-0.05, 0) is 55.3 Å². The number of fused-ring (bicyclic) bond motifs is 1. The Kier molecular flexibility index (Phi) is 5.35. The summed E-state index contributed by atoms with van der Waals surface area (Å²) >= 11 is 0. The first-order valence-corrected chi connectivity index (χ1v) is 9.64. The number of imidazole rings is 1. The van der Waals surface area contributed by atoms with E-state index in [4.69, 9.17) is 5.73 Å². The summed E-state index contributed by atoms with van der Waals surface area (Å²) in [5.74, 6) is -1.08. The van der Waals surface area contributed by atoms with Gasteiger partial charge in [0.05, 0.1) is 11.0 Å². The fourth-order valence-corrected chi connectivity index (χ4v) is 3.65. The van der Waals surface area contributed by atoms with Gasteiger partial charge in [-0.25, -0.2) is 13.8 Å². The average molecular weight is 413 g/mol. The molecule has 3 aromatic rings. The zero-order valence-electron chi connectivity index (χ0n) is 16.1. The van der Waals surface area contributed by atoms with Crippen LogP contribution in [0.4, 0.5) is 20.2 Å². The van der Waals surface area contributed by atoms with Gasteiger partial charge in [0.1, 0.15) is 0 Å². The number of piperidine rings is 1. The van der Waals surface area contributed by atoms with Crippen molar-refractivity contribution in [2.45, 2.75) is 19.3 Å². The van der Waals surface area contributed by atoms with Gasteiger partial charge in [-0.3, -0.25) is 9.59 Å². The highest BCUT2D eigenvalue weighted by molar-refractivity contribution is 6.06. The largest absolute Gasteiger partial charge is 0.371 e. The number of anilines is 2. The second-order valence-corrected chi connectivity index (χ2v) is 7.32. The number of primary amides is 1. The molecule has 0 unspecified atom stereocenters. The maximum atomic E-state index is 12.8. The monoisotopic (exact) mass is 413 g/mol. The molecule has 30 heavy (non-hydrogen) atoms. The summed E-state index contributed by atoms with van der Waals surface area (Å²) in [5, 5.41) is 2.80. The van der Waals surface area contributed by atoms with E-state index in [1.165, 1.54) is 12.1 Å². The van der Waals surface area contributed by atoms with E-state index in [0.29, 0.717) is 22.3 Å². The molecule has 2 aromatic carbocycles. The fourth-order valence-electron chi connectivity index (χ4n) is 3.65. The van der Waals surface area contributed by atoms with Crippen molar-refractivity contribution in [1.29, 1.82) is 0 Å². The molecule has 0 atom stereocenters. The number of alkyl halides is 2. The third-order valence-corrected chi connectivity index (χ3v) is 5.36. The van der Waals surface area contributed by atoms with Crippen LogP contribution in [0.1, 0.15) is 35.4 Å². The molecule has 156 valence electrons. The number of H-pyrrole nitrogens is 1. The summed E-state index contributed by atoms with van der Waals surface area (Å²) < 4.78 is 25.6. The zero-order valence-corrected chi connectivity index (χ0v) is 16.1. The summed E-state index contributed by atoms with van der Waals surface area (Å²) in [6.45, 7) is 1.51. The molecule has 1 aliphatic rings. The minimum atomic E-state index is -2.70. The van der Waals surface area contributed by atoms with Crippen molar-refractivity contribution in [1.82, 2.24) is 9.97 Å². The van der Waals surface area contributed by atoms with Gasteiger partial charge in [-0.15, -0.1) is 0 Å². The number of carbonyl (C=O) groups excluding carboxylic acids is 2. The molecular weight excluding hydrogens is 392 g/mol. The number of nitrogens with one attached hydrogen (secondary N) is 2. The Bertz CT molecular complexity index is 1070. The SMILES string of the molecule is NC(=O)C1CCN(c2ccc(NC(=O)c3ccc4nc(C(F)F)[nH]c4c3)cc2)CC1. The van der Waals surface area contributed by atoms with E-state index in [9.17, 15) is 18.4 Å². The van der Waals surface area contributed by atoms with Crippen LogP contribution in [-0.2, 0) is 4.79 Å². The number of hydrogen-bond donors (Lipinski definition) is 3. The van der Waals surface area contributed by atoms with Crippen molar-refractivity contribution in [2.24, 2.45) is 11.7 Å². The van der Waals surface area contributed by atoms with Crippen LogP contribution in [0.3, 0.4) is 0 Å². The van der Waals surface area contributed by atoms with Crippen LogP contribution < -0.4 is 16.0 Å². The minimum absolute atomic E-state index is 0.0659. The highest BCUT2D eigenvalue weighted by Gasteiger charge is 2.23. The molecule has 4 rings (SSSR count). The number of nitrogens with two attached hydrogens (primary N) is 1. The summed E-state index contributed by atoms with van der Waals surface area (Å²) in [7, 11) is 0. The molecule has 0 saturated carbocycles. The molecule has 1 aromatic heterocycles. The lowest BCUT2D eigenvalue weighted by atomic mass is 9.96. The number of halogens is 2. The van der Waals surface area contributed by atoms with Gasteiger partial charge in [-0.2, -0.15) is 0 Å². The first kappa shape index (κ1) is 19.8. The third kappa shape index (κ3) is 4.10. The Morgan fingerprint density at radius 2 is 1.83 bits per heavy atom. The Morgan fingerprint density at radius 3 is 2.47 bits per heavy atom. The molecule has 1 aliphatic heterocycles. The second kappa shape index (κ2) is 8.10. The lowest BCUT2D eigenvalue weighted by Gasteiger charge is -2.32. The van der Waals surface area contributed by atoms with E-state index in [1.807, 2.05) is 12.1 Å². The van der Waals surface area contributed by atoms with Crippen LogP contribution in [0.5, 0.6) is 0 Å². The minimum Gasteiger partial charge on any atom is -0.371 e. The highest BCUT2D eigenvalue weighted by Crippen LogP contribution is 2.25. The molecule has 2 heterocycles. The molecule has 0 spiro atoms. The highest BCUT2D eigenvalue weighted by atomic mass is 19.3. The van der Waals surface area contributed by atoms with Crippen molar-refractivity contribution in [2.75, 3.05) is 23.3 Å². The number of hydrogen-bond acceptors (Lipinski definition) is 4. The number of amides is 2. The zero-order chi connectivity index (χ0) is 21.3. The van der Waals surface area contributed by atoms with Crippen LogP contribution in [0.15, 0.2) is 42.5 Å². The van der Waals surface area contributed by atoms with Crippen molar-refractivity contribution in [3.8, 4) is 0 Å². The molecule has 0 radical (unpaired) electrons. The third-order valence-electron chi connectivity index (χ3n) is 5.36. The Hall–Kier alpha value is -3.49. The molecule has 1 saturated heterocycles. The number of rotatable bonds is 5. The molecule has 4 N–H and O–H groups in total. The van der Waals surface area contributed by atoms with E-state index >= 15 is 0 Å². The van der Waals surface area contributed by atoms with Gasteiger partial charge in [-0.1, -0.05) is 0 Å². The summed E-state index contributed by atoms with van der Waals surface area (Å²) in [6, 6.07) is 12.0. The Balaban J connectivity index is 1.41. The topological polar surface area (TPSA) is 104 Å². The fraction of sp³-hybridized carbons (Fsp3) is 0.286. The molecule has 7 nitrogen and oxygen atoms in total. The average Bonchev–Trinajstić information content (AvgIpc) is 3.18. The van der Waals surface area contributed by atoms with Crippen LogP contribution in [-0.4, -0.2) is 34.9 Å². The molecule has 2 amide bonds. The van der Waals surface area contributed by atoms with E-state index < -0.39 is 12.2 Å². The number of aromatic amines is 1. The quantitative estimate of drug-likeness (QED) is 0.596. The van der Waals surface area contributed by atoms with Gasteiger partial charge in [0.15, 0.2) is 5.82 Å². The van der Waals surface area contributed by atoms with Gasteiger partial charge in [0.25, 0.3) is 12.3 Å². The maximum Gasteiger partial charge on any atom is 0.295 e. The standard InChI is InChI=1S/C21H21F2N5O2/c22-18(23)20-26-16-6-1-13(11-17(16)27-20)21(30)25-14-2-4-15(5-3-14)28-9-7-12(8-10-28)19(24)29/h1-6,11-12,18H,7-10H2,(H2,24,29)(H,25,30)(H,26,27). The first-order chi connectivity index (χ1) is 14.4. The van der Waals surface area contributed by atoms with E-state index in [0.717, 1.165) is 31.6 Å². The summed E-state index contributed by atoms with van der Waals surface area (Å²) in [5.41, 5.74) is 8.10. The lowest BCUT2D eigenvalue weighted by Crippen LogP contribution is -2.38. The van der Waals surface area contributed by atoms with E-state index in [2.05, 4.69) is 20.2 Å².